The van der Waals surface area contributed by atoms with Gasteiger partial charge < -0.3 is 15.4 Å². The van der Waals surface area contributed by atoms with E-state index in [0.717, 1.165) is 36.8 Å². The van der Waals surface area contributed by atoms with Gasteiger partial charge in [-0.3, -0.25) is 9.59 Å². The van der Waals surface area contributed by atoms with Crippen LogP contribution in [0.15, 0.2) is 24.3 Å². The van der Waals surface area contributed by atoms with Crippen molar-refractivity contribution in [3.8, 4) is 0 Å². The van der Waals surface area contributed by atoms with E-state index in [0.29, 0.717) is 25.3 Å². The molecule has 0 aromatic heterocycles. The molecule has 26 heavy (non-hydrogen) atoms. The molecule has 5 nitrogen and oxygen atoms in total. The maximum Gasteiger partial charge on any atom is 0.224 e. The molecule has 1 saturated heterocycles. The highest BCUT2D eigenvalue weighted by molar-refractivity contribution is 5.80. The van der Waals surface area contributed by atoms with Gasteiger partial charge in [0.05, 0.1) is 12.5 Å². The van der Waals surface area contributed by atoms with E-state index < -0.39 is 0 Å². The molecular formula is C21H30N2O3. The molecule has 2 aliphatic rings. The lowest BCUT2D eigenvalue weighted by molar-refractivity contribution is -0.131. The normalized spacial score (nSPS) is 28.2. The van der Waals surface area contributed by atoms with E-state index in [1.165, 1.54) is 0 Å². The molecule has 1 aromatic carbocycles. The van der Waals surface area contributed by atoms with E-state index in [9.17, 15) is 9.59 Å². The molecule has 1 aromatic rings. The summed E-state index contributed by atoms with van der Waals surface area (Å²) in [6.45, 7) is 2.58. The average Bonchev–Trinajstić information content (AvgIpc) is 2.61. The lowest BCUT2D eigenvalue weighted by Crippen LogP contribution is -2.53. The van der Waals surface area contributed by atoms with E-state index in [-0.39, 0.29) is 29.9 Å². The van der Waals surface area contributed by atoms with Crippen LogP contribution in [-0.4, -0.2) is 37.6 Å². The third kappa shape index (κ3) is 4.85. The second-order valence-corrected chi connectivity index (χ2v) is 7.78. The summed E-state index contributed by atoms with van der Waals surface area (Å²) < 4.78 is 5.45. The van der Waals surface area contributed by atoms with Gasteiger partial charge in [-0.25, -0.2) is 0 Å². The molecule has 0 bridgehead atoms. The van der Waals surface area contributed by atoms with Crippen LogP contribution in [-0.2, 0) is 20.7 Å². The van der Waals surface area contributed by atoms with E-state index >= 15 is 0 Å². The number of aryl methyl sites for hydroxylation is 1. The molecule has 1 saturated carbocycles. The van der Waals surface area contributed by atoms with Crippen LogP contribution in [0.1, 0.15) is 43.2 Å². The number of carbonyl (C=O) groups excluding carboxylic acids is 2. The molecule has 4 atom stereocenters. The Kier molecular flexibility index (Phi) is 6.30. The minimum Gasteiger partial charge on any atom is -0.381 e. The first-order valence-electron chi connectivity index (χ1n) is 9.70. The number of amides is 2. The minimum atomic E-state index is 0.00890. The fourth-order valence-corrected chi connectivity index (χ4v) is 4.35. The minimum absolute atomic E-state index is 0.00890. The van der Waals surface area contributed by atoms with Gasteiger partial charge in [0.15, 0.2) is 0 Å². The molecule has 2 N–H and O–H groups in total. The van der Waals surface area contributed by atoms with Crippen molar-refractivity contribution in [3.05, 3.63) is 35.4 Å². The Morgan fingerprint density at radius 1 is 1.31 bits per heavy atom. The first-order valence-corrected chi connectivity index (χ1v) is 9.70. The molecule has 0 radical (unpaired) electrons. The third-order valence-electron chi connectivity index (χ3n) is 5.83. The second-order valence-electron chi connectivity index (χ2n) is 7.78. The Balaban J connectivity index is 1.42. The summed E-state index contributed by atoms with van der Waals surface area (Å²) in [5.74, 6) is 0.711. The van der Waals surface area contributed by atoms with Crippen LogP contribution in [0.25, 0.3) is 0 Å². The molecule has 142 valence electrons. The molecule has 2 amide bonds. The fourth-order valence-electron chi connectivity index (χ4n) is 4.35. The fraction of sp³-hybridized carbons (Fsp3) is 0.619. The van der Waals surface area contributed by atoms with Gasteiger partial charge in [-0.15, -0.1) is 0 Å². The highest BCUT2D eigenvalue weighted by atomic mass is 16.5. The SMILES string of the molecule is COC1CCC2CC(CCNC(=O)Cc3cccc(C)c3)C(=O)NC2C1. The number of benzene rings is 1. The quantitative estimate of drug-likeness (QED) is 0.820. The van der Waals surface area contributed by atoms with Gasteiger partial charge >= 0.3 is 0 Å². The van der Waals surface area contributed by atoms with Crippen molar-refractivity contribution < 1.29 is 14.3 Å². The second kappa shape index (κ2) is 8.67. The number of fused-ring (bicyclic) bond motifs is 1. The topological polar surface area (TPSA) is 67.4 Å². The number of hydrogen-bond donors (Lipinski definition) is 2. The van der Waals surface area contributed by atoms with Crippen LogP contribution in [0.4, 0.5) is 0 Å². The summed E-state index contributed by atoms with van der Waals surface area (Å²) >= 11 is 0. The van der Waals surface area contributed by atoms with E-state index in [1.54, 1.807) is 7.11 Å². The number of carbonyl (C=O) groups is 2. The van der Waals surface area contributed by atoms with Gasteiger partial charge in [0, 0.05) is 25.6 Å². The molecule has 1 aliphatic carbocycles. The van der Waals surface area contributed by atoms with Gasteiger partial charge in [0.2, 0.25) is 11.8 Å². The van der Waals surface area contributed by atoms with E-state index in [4.69, 9.17) is 4.74 Å². The number of hydrogen-bond acceptors (Lipinski definition) is 3. The molecule has 3 rings (SSSR count). The number of methoxy groups -OCH3 is 1. The predicted octanol–water partition coefficient (Wildman–Crippen LogP) is 2.36. The first-order chi connectivity index (χ1) is 12.5. The largest absolute Gasteiger partial charge is 0.381 e. The Morgan fingerprint density at radius 2 is 2.15 bits per heavy atom. The molecule has 2 fully saturated rings. The summed E-state index contributed by atoms with van der Waals surface area (Å²) in [4.78, 5) is 24.5. The van der Waals surface area contributed by atoms with Crippen molar-refractivity contribution >= 4 is 11.8 Å². The van der Waals surface area contributed by atoms with Crippen molar-refractivity contribution in [1.82, 2.24) is 10.6 Å². The average molecular weight is 358 g/mol. The Labute approximate surface area is 155 Å². The summed E-state index contributed by atoms with van der Waals surface area (Å²) in [6, 6.07) is 8.26. The molecule has 0 spiro atoms. The number of piperidine rings is 1. The highest BCUT2D eigenvalue weighted by Crippen LogP contribution is 2.35. The Morgan fingerprint density at radius 3 is 2.92 bits per heavy atom. The van der Waals surface area contributed by atoms with Gasteiger partial charge in [-0.1, -0.05) is 29.8 Å². The molecule has 1 heterocycles. The van der Waals surface area contributed by atoms with Gasteiger partial charge in [-0.2, -0.15) is 0 Å². The zero-order valence-corrected chi connectivity index (χ0v) is 15.8. The summed E-state index contributed by atoms with van der Waals surface area (Å²) in [5.41, 5.74) is 2.18. The van der Waals surface area contributed by atoms with Crippen molar-refractivity contribution in [3.63, 3.8) is 0 Å². The maximum atomic E-state index is 12.4. The maximum absolute atomic E-state index is 12.4. The van der Waals surface area contributed by atoms with Crippen molar-refractivity contribution in [1.29, 1.82) is 0 Å². The Hall–Kier alpha value is -1.88. The standard InChI is InChI=1S/C21H30N2O3/c1-14-4-3-5-15(10-14)11-20(24)22-9-8-17-12-16-6-7-18(26-2)13-19(16)23-21(17)25/h3-5,10,16-19H,6-9,11-13H2,1-2H3,(H,22,24)(H,23,25). The molecule has 4 unspecified atom stereocenters. The van der Waals surface area contributed by atoms with Crippen LogP contribution < -0.4 is 10.6 Å². The number of nitrogens with one attached hydrogen (secondary N) is 2. The lowest BCUT2D eigenvalue weighted by atomic mass is 9.74. The predicted molar refractivity (Wildman–Crippen MR) is 101 cm³/mol. The van der Waals surface area contributed by atoms with E-state index in [1.807, 2.05) is 31.2 Å². The highest BCUT2D eigenvalue weighted by Gasteiger charge is 2.39. The zero-order chi connectivity index (χ0) is 18.5. The van der Waals surface area contributed by atoms with Gasteiger partial charge in [-0.05, 0) is 50.5 Å². The smallest absolute Gasteiger partial charge is 0.224 e. The Bertz CT molecular complexity index is 646. The lowest BCUT2D eigenvalue weighted by Gasteiger charge is -2.41. The van der Waals surface area contributed by atoms with Crippen molar-refractivity contribution in [2.75, 3.05) is 13.7 Å². The summed E-state index contributed by atoms with van der Waals surface area (Å²) in [5, 5.41) is 6.15. The first kappa shape index (κ1) is 18.9. The van der Waals surface area contributed by atoms with Crippen molar-refractivity contribution in [2.45, 2.75) is 57.6 Å². The number of ether oxygens (including phenoxy) is 1. The molecule has 5 heteroatoms. The number of rotatable bonds is 6. The molecular weight excluding hydrogens is 328 g/mol. The van der Waals surface area contributed by atoms with Gasteiger partial charge in [0.25, 0.3) is 0 Å². The van der Waals surface area contributed by atoms with Crippen LogP contribution in [0.5, 0.6) is 0 Å². The van der Waals surface area contributed by atoms with Crippen molar-refractivity contribution in [2.24, 2.45) is 11.8 Å². The van der Waals surface area contributed by atoms with Crippen LogP contribution in [0.2, 0.25) is 0 Å². The van der Waals surface area contributed by atoms with Crippen LogP contribution >= 0.6 is 0 Å². The van der Waals surface area contributed by atoms with E-state index in [2.05, 4.69) is 10.6 Å². The zero-order valence-electron chi connectivity index (χ0n) is 15.8. The summed E-state index contributed by atoms with van der Waals surface area (Å²) in [7, 11) is 1.75. The van der Waals surface area contributed by atoms with Crippen LogP contribution in [0.3, 0.4) is 0 Å². The monoisotopic (exact) mass is 358 g/mol. The summed E-state index contributed by atoms with van der Waals surface area (Å²) in [6.07, 6.45) is 5.42. The molecule has 1 aliphatic heterocycles. The third-order valence-corrected chi connectivity index (χ3v) is 5.83. The van der Waals surface area contributed by atoms with Crippen LogP contribution in [0, 0.1) is 18.8 Å². The van der Waals surface area contributed by atoms with Gasteiger partial charge in [0.1, 0.15) is 0 Å².